The van der Waals surface area contributed by atoms with Crippen LogP contribution >= 0.6 is 0 Å². The number of hydrogen-bond donors (Lipinski definition) is 4. The average Bonchev–Trinajstić information content (AvgIpc) is 2.10. The van der Waals surface area contributed by atoms with Crippen LogP contribution in [0.3, 0.4) is 0 Å². The highest BCUT2D eigenvalue weighted by atomic mass is 15.5. The molecule has 0 aromatic heterocycles. The number of nitrogens with one attached hydrogen (secondary N) is 4. The zero-order valence-electron chi connectivity index (χ0n) is 5.79. The van der Waals surface area contributed by atoms with Crippen molar-refractivity contribution < 1.29 is 0 Å². The Morgan fingerprint density at radius 3 is 1.83 bits per heavy atom. The lowest BCUT2D eigenvalue weighted by atomic mass is 11.0. The number of nitrogens with zero attached hydrogens (tertiary/aromatic N) is 4. The maximum Gasteiger partial charge on any atom is 0.246 e. The molecule has 0 amide bonds. The summed E-state index contributed by atoms with van der Waals surface area (Å²) in [4.78, 5) is 3.17. The fraction of sp³-hybridized carbons (Fsp3) is 0. The predicted molar refractivity (Wildman–Crippen MR) is 36.8 cm³/mol. The fourth-order valence-electron chi connectivity index (χ4n) is 0.311. The summed E-state index contributed by atoms with van der Waals surface area (Å²) in [5, 5.41) is 24.2. The van der Waals surface area contributed by atoms with Gasteiger partial charge in [0.2, 0.25) is 12.2 Å². The van der Waals surface area contributed by atoms with Crippen molar-refractivity contribution in [2.45, 2.75) is 0 Å². The Bertz CT molecular complexity index is 251. The molecule has 12 heavy (non-hydrogen) atoms. The number of hydrazine groups is 2. The molecule has 0 atom stereocenters. The Hall–Kier alpha value is -2.66. The third kappa shape index (κ3) is 4.24. The summed E-state index contributed by atoms with van der Waals surface area (Å²) in [6.45, 7) is 0. The minimum atomic E-state index is -0.0828. The van der Waals surface area contributed by atoms with E-state index in [1.54, 1.807) is 0 Å². The van der Waals surface area contributed by atoms with Crippen LogP contribution in [0, 0.1) is 34.4 Å². The van der Waals surface area contributed by atoms with Crippen molar-refractivity contribution in [1.29, 1.82) is 15.8 Å². The highest BCUT2D eigenvalue weighted by molar-refractivity contribution is 5.79. The summed E-state index contributed by atoms with van der Waals surface area (Å²) in [5.74, 6) is -0.0828. The van der Waals surface area contributed by atoms with Crippen LogP contribution in [0.25, 0.3) is 0 Å². The maximum atomic E-state index is 8.10. The SMILES string of the molecule is N#CN=C(NNC#N)NNC#N. The van der Waals surface area contributed by atoms with E-state index >= 15 is 0 Å². The van der Waals surface area contributed by atoms with Crippen LogP contribution < -0.4 is 21.7 Å². The lowest BCUT2D eigenvalue weighted by Gasteiger charge is -2.04. The lowest BCUT2D eigenvalue weighted by Crippen LogP contribution is -2.47. The van der Waals surface area contributed by atoms with E-state index in [0.29, 0.717) is 0 Å². The molecule has 0 radical (unpaired) electrons. The first kappa shape index (κ1) is 9.34. The van der Waals surface area contributed by atoms with Gasteiger partial charge in [0.05, 0.1) is 0 Å². The molecule has 0 aromatic carbocycles. The smallest absolute Gasteiger partial charge is 0.246 e. The van der Waals surface area contributed by atoms with Gasteiger partial charge in [-0.25, -0.2) is 10.9 Å². The average molecular weight is 164 g/mol. The van der Waals surface area contributed by atoms with Crippen LogP contribution in [0.5, 0.6) is 0 Å². The Labute approximate surface area is 68.0 Å². The van der Waals surface area contributed by atoms with Gasteiger partial charge < -0.3 is 0 Å². The molecule has 0 aliphatic rings. The molecule has 4 N–H and O–H groups in total. The minimum absolute atomic E-state index is 0.0828. The molecular formula is C4H4N8. The molecule has 0 unspecified atom stereocenters. The molecule has 60 valence electrons. The van der Waals surface area contributed by atoms with E-state index in [1.165, 1.54) is 18.6 Å². The van der Waals surface area contributed by atoms with Gasteiger partial charge in [0, 0.05) is 0 Å². The van der Waals surface area contributed by atoms with E-state index < -0.39 is 0 Å². The zero-order valence-corrected chi connectivity index (χ0v) is 5.79. The van der Waals surface area contributed by atoms with Crippen LogP contribution in [0.4, 0.5) is 0 Å². The molecular weight excluding hydrogens is 160 g/mol. The van der Waals surface area contributed by atoms with Crippen molar-refractivity contribution >= 4 is 5.96 Å². The summed E-state index contributed by atoms with van der Waals surface area (Å²) >= 11 is 0. The van der Waals surface area contributed by atoms with E-state index in [1.807, 2.05) is 10.9 Å². The molecule has 0 rings (SSSR count). The summed E-state index contributed by atoms with van der Waals surface area (Å²) in [6.07, 6.45) is 4.51. The standard InChI is InChI=1S/C4H4N8/c5-1-8-4(11-9-2-6)12-10-3-7/h9-10H,(H2,8,11,12). The highest BCUT2D eigenvalue weighted by Crippen LogP contribution is 1.61. The van der Waals surface area contributed by atoms with Crippen molar-refractivity contribution in [3.05, 3.63) is 0 Å². The van der Waals surface area contributed by atoms with Crippen LogP contribution in [0.15, 0.2) is 4.99 Å². The van der Waals surface area contributed by atoms with Crippen LogP contribution in [0.2, 0.25) is 0 Å². The third-order valence-electron chi connectivity index (χ3n) is 0.635. The van der Waals surface area contributed by atoms with Crippen molar-refractivity contribution in [1.82, 2.24) is 21.7 Å². The topological polar surface area (TPSA) is 132 Å². The van der Waals surface area contributed by atoms with Gasteiger partial charge in [0.1, 0.15) is 0 Å². The summed E-state index contributed by atoms with van der Waals surface area (Å²) in [7, 11) is 0. The molecule has 8 nitrogen and oxygen atoms in total. The van der Waals surface area contributed by atoms with Crippen molar-refractivity contribution in [2.75, 3.05) is 0 Å². The van der Waals surface area contributed by atoms with Gasteiger partial charge in [-0.2, -0.15) is 15.8 Å². The Kier molecular flexibility index (Phi) is 5.03. The number of aliphatic imine (C=N–C) groups is 1. The van der Waals surface area contributed by atoms with Crippen molar-refractivity contribution in [3.63, 3.8) is 0 Å². The number of nitriles is 3. The first-order valence-corrected chi connectivity index (χ1v) is 2.62. The first-order chi connectivity index (χ1) is 5.85. The Morgan fingerprint density at radius 1 is 1.00 bits per heavy atom. The van der Waals surface area contributed by atoms with E-state index in [-0.39, 0.29) is 5.96 Å². The highest BCUT2D eigenvalue weighted by Gasteiger charge is 1.92. The van der Waals surface area contributed by atoms with Crippen LogP contribution in [-0.2, 0) is 0 Å². The molecule has 0 saturated heterocycles. The van der Waals surface area contributed by atoms with Crippen molar-refractivity contribution in [3.8, 4) is 18.6 Å². The zero-order chi connectivity index (χ0) is 9.23. The molecule has 0 heterocycles. The summed E-state index contributed by atoms with van der Waals surface area (Å²) in [5.41, 5.74) is 8.40. The molecule has 0 fully saturated rings. The predicted octanol–water partition coefficient (Wildman–Crippen LogP) is -2.03. The number of hydrogen-bond acceptors (Lipinski definition) is 6. The molecule has 0 aliphatic carbocycles. The summed E-state index contributed by atoms with van der Waals surface area (Å²) in [6, 6.07) is 0. The van der Waals surface area contributed by atoms with Gasteiger partial charge in [-0.05, 0) is 0 Å². The van der Waals surface area contributed by atoms with Gasteiger partial charge in [-0.1, -0.05) is 0 Å². The molecule has 0 bridgehead atoms. The van der Waals surface area contributed by atoms with E-state index in [2.05, 4.69) is 15.8 Å². The largest absolute Gasteiger partial charge is 0.259 e. The molecule has 0 aromatic rings. The second kappa shape index (κ2) is 6.46. The maximum absolute atomic E-state index is 8.10. The molecule has 8 heteroatoms. The first-order valence-electron chi connectivity index (χ1n) is 2.62. The fourth-order valence-corrected chi connectivity index (χ4v) is 0.311. The third-order valence-corrected chi connectivity index (χ3v) is 0.635. The van der Waals surface area contributed by atoms with E-state index in [4.69, 9.17) is 15.8 Å². The monoisotopic (exact) mass is 164 g/mol. The molecule has 0 saturated carbocycles. The van der Waals surface area contributed by atoms with E-state index in [9.17, 15) is 0 Å². The summed E-state index contributed by atoms with van der Waals surface area (Å²) < 4.78 is 0. The van der Waals surface area contributed by atoms with Gasteiger partial charge in [-0.15, -0.1) is 4.99 Å². The van der Waals surface area contributed by atoms with Gasteiger partial charge in [0.25, 0.3) is 0 Å². The van der Waals surface area contributed by atoms with Crippen molar-refractivity contribution in [2.24, 2.45) is 4.99 Å². The van der Waals surface area contributed by atoms with Gasteiger partial charge in [0.15, 0.2) is 12.4 Å². The number of guanidine groups is 1. The Balaban J connectivity index is 3.93. The quantitative estimate of drug-likeness (QED) is 0.122. The Morgan fingerprint density at radius 2 is 1.50 bits per heavy atom. The molecule has 0 spiro atoms. The second-order valence-electron chi connectivity index (χ2n) is 1.28. The molecule has 0 aliphatic heterocycles. The van der Waals surface area contributed by atoms with Crippen LogP contribution in [-0.4, -0.2) is 5.96 Å². The van der Waals surface area contributed by atoms with E-state index in [0.717, 1.165) is 0 Å². The normalized spacial score (nSPS) is 6.08. The van der Waals surface area contributed by atoms with Gasteiger partial charge in [-0.3, -0.25) is 10.9 Å². The number of rotatable bonds is 2. The van der Waals surface area contributed by atoms with Gasteiger partial charge >= 0.3 is 0 Å². The minimum Gasteiger partial charge on any atom is -0.259 e. The lowest BCUT2D eigenvalue weighted by molar-refractivity contribution is 0.736. The van der Waals surface area contributed by atoms with Crippen LogP contribution in [0.1, 0.15) is 0 Å². The second-order valence-corrected chi connectivity index (χ2v) is 1.28.